The molecule has 1 saturated heterocycles. The van der Waals surface area contributed by atoms with Gasteiger partial charge in [0.1, 0.15) is 22.7 Å². The van der Waals surface area contributed by atoms with E-state index in [1.807, 2.05) is 0 Å². The fraction of sp³-hybridized carbons (Fsp3) is 0.171. The first kappa shape index (κ1) is 29.7. The predicted molar refractivity (Wildman–Crippen MR) is 164 cm³/mol. The second-order valence-electron chi connectivity index (χ2n) is 10.5. The Labute approximate surface area is 254 Å². The Morgan fingerprint density at radius 3 is 1.70 bits per heavy atom. The third-order valence-corrected chi connectivity index (χ3v) is 9.11. The highest BCUT2D eigenvalue weighted by atomic mass is 35.5. The number of piperidine rings is 1. The quantitative estimate of drug-likeness (QED) is 0.134. The van der Waals surface area contributed by atoms with Gasteiger partial charge in [0, 0.05) is 18.2 Å². The van der Waals surface area contributed by atoms with E-state index in [0.29, 0.717) is 0 Å². The molecule has 4 atom stereocenters. The number of Topliss-reactive ketones (excluding diaryl/α,β-unsaturated/α-hetero) is 1. The van der Waals surface area contributed by atoms with E-state index in [9.17, 15) is 19.5 Å². The molecule has 1 aliphatic rings. The zero-order chi connectivity index (χ0) is 30.9. The van der Waals surface area contributed by atoms with Crippen LogP contribution in [0.15, 0.2) is 127 Å². The lowest BCUT2D eigenvalue weighted by Gasteiger charge is -2.66. The van der Waals surface area contributed by atoms with Gasteiger partial charge in [-0.15, -0.1) is 0 Å². The number of carbonyl (C=O) groups is 3. The molecule has 0 bridgehead atoms. The first-order chi connectivity index (χ1) is 20.7. The van der Waals surface area contributed by atoms with Crippen molar-refractivity contribution in [2.24, 2.45) is 5.73 Å². The highest BCUT2D eigenvalue weighted by Gasteiger charge is 2.83. The minimum absolute atomic E-state index is 0.0893. The van der Waals surface area contributed by atoms with Gasteiger partial charge in [-0.1, -0.05) is 121 Å². The lowest BCUT2D eigenvalue weighted by Crippen LogP contribution is -2.86. The zero-order valence-corrected chi connectivity index (χ0v) is 24.1. The topological polar surface area (TPSA) is 118 Å². The number of anilines is 1. The molecule has 0 radical (unpaired) electrons. The standard InChI is InChI=1S/C35H29ClN2O5/c1-25(40)34(27-17-8-3-9-18-27)33(30(37)41,26-15-6-2-7-16-26)31(42)38(29-21-12-5-13-22-29)32(36,23-14-24-39)35(34,43)28-19-10-4-11-20-28/h2-22,43H,23H2,1H3,(H2,37,41). The van der Waals surface area contributed by atoms with Gasteiger partial charge in [0.25, 0.3) is 0 Å². The average molecular weight is 593 g/mol. The Kier molecular flexibility index (Phi) is 7.67. The minimum Gasteiger partial charge on any atom is -0.380 e. The number of primary amides is 1. The van der Waals surface area contributed by atoms with E-state index < -0.39 is 45.4 Å². The number of hydrogen-bond acceptors (Lipinski definition) is 5. The minimum atomic E-state index is -2.60. The molecule has 216 valence electrons. The highest BCUT2D eigenvalue weighted by molar-refractivity contribution is 6.34. The van der Waals surface area contributed by atoms with Gasteiger partial charge in [0.15, 0.2) is 10.4 Å². The molecule has 3 N–H and O–H groups in total. The lowest BCUT2D eigenvalue weighted by molar-refractivity contribution is -0.177. The van der Waals surface area contributed by atoms with Crippen molar-refractivity contribution in [2.45, 2.75) is 34.8 Å². The van der Waals surface area contributed by atoms with Gasteiger partial charge in [-0.25, -0.2) is 4.79 Å². The molecule has 5 rings (SSSR count). The molecule has 1 fully saturated rings. The summed E-state index contributed by atoms with van der Waals surface area (Å²) in [5.74, 6) is -1.14. The summed E-state index contributed by atoms with van der Waals surface area (Å²) in [5.41, 5.74) is -0.682. The van der Waals surface area contributed by atoms with Crippen LogP contribution in [0.3, 0.4) is 0 Å². The molecule has 4 unspecified atom stereocenters. The highest BCUT2D eigenvalue weighted by Crippen LogP contribution is 2.67. The molecular weight excluding hydrogens is 564 g/mol. The smallest absolute Gasteiger partial charge is 0.250 e. The summed E-state index contributed by atoms with van der Waals surface area (Å²) in [7, 11) is 0. The van der Waals surface area contributed by atoms with Crippen LogP contribution in [0.4, 0.5) is 5.69 Å². The van der Waals surface area contributed by atoms with E-state index in [0.717, 1.165) is 11.0 Å². The predicted octanol–water partition coefficient (Wildman–Crippen LogP) is 4.58. The Hall–Kier alpha value is -4.81. The Bertz CT molecular complexity index is 1710. The van der Waals surface area contributed by atoms with Crippen LogP contribution in [0.2, 0.25) is 0 Å². The van der Waals surface area contributed by atoms with Crippen molar-refractivity contribution >= 4 is 40.8 Å². The largest absolute Gasteiger partial charge is 0.380 e. The number of rotatable bonds is 8. The molecule has 1 heterocycles. The summed E-state index contributed by atoms with van der Waals surface area (Å²) < 4.78 is 0. The van der Waals surface area contributed by atoms with E-state index >= 15 is 4.79 Å². The number of aliphatic hydroxyl groups is 1. The second-order valence-corrected chi connectivity index (χ2v) is 11.1. The SMILES string of the molecule is CC(=O)C1(c2ccccc2)C(C(N)=O)(c2ccccc2)C(=O)N(c2ccccc2)C(Cl)(CC=C=O)C1(O)c1ccccc1. The summed E-state index contributed by atoms with van der Waals surface area (Å²) >= 11 is 7.63. The van der Waals surface area contributed by atoms with Gasteiger partial charge in [-0.3, -0.25) is 19.3 Å². The van der Waals surface area contributed by atoms with Crippen molar-refractivity contribution < 1.29 is 24.3 Å². The van der Waals surface area contributed by atoms with Crippen molar-refractivity contribution in [1.29, 1.82) is 0 Å². The molecule has 4 aromatic carbocycles. The van der Waals surface area contributed by atoms with Crippen LogP contribution in [0.25, 0.3) is 0 Å². The van der Waals surface area contributed by atoms with Gasteiger partial charge in [0.2, 0.25) is 11.8 Å². The molecule has 7 nitrogen and oxygen atoms in total. The summed E-state index contributed by atoms with van der Waals surface area (Å²) in [6, 6.07) is 32.5. The van der Waals surface area contributed by atoms with Crippen molar-refractivity contribution in [1.82, 2.24) is 0 Å². The van der Waals surface area contributed by atoms with Gasteiger partial charge in [-0.2, -0.15) is 0 Å². The number of amides is 2. The lowest BCUT2D eigenvalue weighted by atomic mass is 9.42. The number of nitrogens with two attached hydrogens (primary N) is 1. The molecule has 0 aromatic heterocycles. The maximum Gasteiger partial charge on any atom is 0.250 e. The second kappa shape index (κ2) is 11.1. The third kappa shape index (κ3) is 3.86. The monoisotopic (exact) mass is 592 g/mol. The molecule has 0 aliphatic carbocycles. The van der Waals surface area contributed by atoms with E-state index in [2.05, 4.69) is 0 Å². The summed E-state index contributed by atoms with van der Waals surface area (Å²) in [4.78, 5) is 55.0. The van der Waals surface area contributed by atoms with Crippen LogP contribution >= 0.6 is 11.6 Å². The van der Waals surface area contributed by atoms with Gasteiger partial charge >= 0.3 is 0 Å². The normalized spacial score (nSPS) is 26.8. The molecule has 2 amide bonds. The van der Waals surface area contributed by atoms with Gasteiger partial charge in [-0.05, 0) is 35.7 Å². The Balaban J connectivity index is 2.15. The number of halogens is 1. The average Bonchev–Trinajstić information content (AvgIpc) is 3.03. The van der Waals surface area contributed by atoms with Crippen LogP contribution in [0.5, 0.6) is 0 Å². The van der Waals surface area contributed by atoms with Gasteiger partial charge in [0.05, 0.1) is 0 Å². The van der Waals surface area contributed by atoms with Crippen LogP contribution in [-0.2, 0) is 35.6 Å². The van der Waals surface area contributed by atoms with E-state index in [1.54, 1.807) is 115 Å². The van der Waals surface area contributed by atoms with Crippen molar-refractivity contribution in [3.63, 3.8) is 0 Å². The number of para-hydroxylation sites is 1. The van der Waals surface area contributed by atoms with Crippen molar-refractivity contribution in [2.75, 3.05) is 4.90 Å². The summed E-state index contributed by atoms with van der Waals surface area (Å²) in [6.45, 7) is 1.21. The molecule has 43 heavy (non-hydrogen) atoms. The maximum absolute atomic E-state index is 15.4. The first-order valence-corrected chi connectivity index (χ1v) is 14.0. The molecule has 1 aliphatic heterocycles. The number of ketones is 1. The number of benzene rings is 4. The van der Waals surface area contributed by atoms with Crippen molar-refractivity contribution in [3.8, 4) is 0 Å². The maximum atomic E-state index is 15.4. The molecule has 4 aromatic rings. The number of carbonyl (C=O) groups excluding carboxylic acids is 4. The zero-order valence-electron chi connectivity index (χ0n) is 23.3. The molecular formula is C35H29ClN2O5. The molecule has 0 saturated carbocycles. The van der Waals surface area contributed by atoms with Crippen LogP contribution in [-0.4, -0.2) is 33.6 Å². The van der Waals surface area contributed by atoms with Crippen LogP contribution in [0, 0.1) is 0 Å². The van der Waals surface area contributed by atoms with Gasteiger partial charge < -0.3 is 10.8 Å². The van der Waals surface area contributed by atoms with E-state index in [1.165, 1.54) is 19.1 Å². The Morgan fingerprint density at radius 1 is 0.814 bits per heavy atom. The van der Waals surface area contributed by atoms with E-state index in [-0.39, 0.29) is 22.4 Å². The first-order valence-electron chi connectivity index (χ1n) is 13.6. The van der Waals surface area contributed by atoms with E-state index in [4.69, 9.17) is 17.3 Å². The summed E-state index contributed by atoms with van der Waals surface area (Å²) in [5, 5.41) is 13.7. The number of hydrogen-bond donors (Lipinski definition) is 2. The van der Waals surface area contributed by atoms with Crippen LogP contribution < -0.4 is 10.6 Å². The van der Waals surface area contributed by atoms with Crippen LogP contribution in [0.1, 0.15) is 30.0 Å². The fourth-order valence-corrected chi connectivity index (χ4v) is 7.44. The molecule has 8 heteroatoms. The summed E-state index contributed by atoms with van der Waals surface area (Å²) in [6.07, 6.45) is 0.607. The number of alkyl halides is 1. The van der Waals surface area contributed by atoms with Crippen molar-refractivity contribution in [3.05, 3.63) is 144 Å². The third-order valence-electron chi connectivity index (χ3n) is 8.51. The molecule has 0 spiro atoms. The Morgan fingerprint density at radius 2 is 1.26 bits per heavy atom. The fourth-order valence-electron chi connectivity index (χ4n) is 6.94. The number of nitrogens with zero attached hydrogens (tertiary/aromatic N) is 1.